The van der Waals surface area contributed by atoms with E-state index in [0.29, 0.717) is 22.6 Å². The van der Waals surface area contributed by atoms with Crippen molar-refractivity contribution in [2.75, 3.05) is 52.6 Å². The van der Waals surface area contributed by atoms with Crippen LogP contribution in [0.15, 0.2) is 120 Å². The fraction of sp³-hybridized carbons (Fsp3) is 0.426. The second-order valence-electron chi connectivity index (χ2n) is 18.2. The van der Waals surface area contributed by atoms with Crippen LogP contribution in [0, 0.1) is 18.3 Å². The number of hydrogen-bond donors (Lipinski definition) is 1. The molecule has 1 aromatic heterocycles. The predicted octanol–water partition coefficient (Wildman–Crippen LogP) is 8.81. The molecule has 1 amide bonds. The zero-order chi connectivity index (χ0) is 51.3. The number of nitrogens with one attached hydrogen (secondary N) is 1. The molecular weight excluding hydrogens is 926 g/mol. The lowest BCUT2D eigenvalue weighted by molar-refractivity contribution is -0.152. The van der Waals surface area contributed by atoms with E-state index in [4.69, 9.17) is 37.7 Å². The molecule has 1 aliphatic rings. The summed E-state index contributed by atoms with van der Waals surface area (Å²) in [6, 6.07) is 35.6. The van der Waals surface area contributed by atoms with Crippen LogP contribution in [-0.2, 0) is 38.6 Å². The molecule has 5 unspecified atom stereocenters. The van der Waals surface area contributed by atoms with Crippen LogP contribution in [0.5, 0.6) is 11.5 Å². The molecule has 0 saturated carbocycles. The number of aryl methyl sites for hydroxylation is 1. The van der Waals surface area contributed by atoms with Crippen LogP contribution < -0.4 is 20.5 Å². The highest BCUT2D eigenvalue weighted by Crippen LogP contribution is 2.51. The van der Waals surface area contributed by atoms with Gasteiger partial charge in [0.2, 0.25) is 0 Å². The average molecular weight is 992 g/mol. The fourth-order valence-corrected chi connectivity index (χ4v) is 10.9. The Morgan fingerprint density at radius 3 is 1.93 bits per heavy atom. The summed E-state index contributed by atoms with van der Waals surface area (Å²) in [6.45, 7) is 13.3. The third-order valence-corrected chi connectivity index (χ3v) is 14.4. The molecule has 0 radical (unpaired) electrons. The molecule has 71 heavy (non-hydrogen) atoms. The van der Waals surface area contributed by atoms with Crippen molar-refractivity contribution in [1.82, 2.24) is 14.2 Å². The van der Waals surface area contributed by atoms with Gasteiger partial charge in [0.05, 0.1) is 46.5 Å². The molecule has 0 spiro atoms. The molecule has 2 heterocycles. The van der Waals surface area contributed by atoms with Crippen molar-refractivity contribution in [3.8, 4) is 17.6 Å². The number of carbonyl (C=O) groups excluding carboxylic acids is 2. The SMILES string of the molecule is COCCOC1C(OP(CC(=O)OC(C)(C)CC#N)N(C(C)C)C(C)C)C(COC(c2ccccc2)(c2ccc(OC)cc2)c2ccc(OC)cc2)OC1n1cc(C)c(NC(=O)c2ccccc2)nc1=O. The smallest absolute Gasteiger partial charge is 0.351 e. The van der Waals surface area contributed by atoms with E-state index < -0.39 is 61.6 Å². The van der Waals surface area contributed by atoms with Crippen molar-refractivity contribution in [3.05, 3.63) is 154 Å². The number of methoxy groups -OCH3 is 3. The number of esters is 1. The van der Waals surface area contributed by atoms with E-state index in [9.17, 15) is 19.6 Å². The lowest BCUT2D eigenvalue weighted by Gasteiger charge is -2.40. The van der Waals surface area contributed by atoms with E-state index in [1.165, 1.54) is 4.57 Å². The van der Waals surface area contributed by atoms with Gasteiger partial charge in [-0.1, -0.05) is 72.8 Å². The topological polar surface area (TPSA) is 182 Å². The lowest BCUT2D eigenvalue weighted by Crippen LogP contribution is -2.44. The maximum atomic E-state index is 14.4. The molecule has 1 aliphatic heterocycles. The first-order valence-corrected chi connectivity index (χ1v) is 25.0. The largest absolute Gasteiger partial charge is 0.497 e. The van der Waals surface area contributed by atoms with E-state index >= 15 is 0 Å². The zero-order valence-electron chi connectivity index (χ0n) is 42.2. The molecule has 16 nitrogen and oxygen atoms in total. The number of aromatic nitrogens is 2. The van der Waals surface area contributed by atoms with Crippen LogP contribution in [0.25, 0.3) is 0 Å². The van der Waals surface area contributed by atoms with E-state index in [1.807, 2.05) is 107 Å². The Hall–Kier alpha value is -6.02. The summed E-state index contributed by atoms with van der Waals surface area (Å²) in [4.78, 5) is 46.0. The van der Waals surface area contributed by atoms with Crippen LogP contribution in [0.1, 0.15) is 86.8 Å². The minimum Gasteiger partial charge on any atom is -0.497 e. The molecule has 0 aliphatic carbocycles. The van der Waals surface area contributed by atoms with Gasteiger partial charge < -0.3 is 43.0 Å². The second kappa shape index (κ2) is 24.9. The highest BCUT2D eigenvalue weighted by Gasteiger charge is 2.52. The Balaban J connectivity index is 1.51. The first-order chi connectivity index (χ1) is 34.0. The average Bonchev–Trinajstić information content (AvgIpc) is 3.68. The van der Waals surface area contributed by atoms with Gasteiger partial charge in [0.25, 0.3) is 5.91 Å². The number of amides is 1. The summed E-state index contributed by atoms with van der Waals surface area (Å²) in [5, 5.41) is 12.3. The van der Waals surface area contributed by atoms with Gasteiger partial charge in [0.15, 0.2) is 6.23 Å². The zero-order valence-corrected chi connectivity index (χ0v) is 43.1. The number of rotatable bonds is 24. The van der Waals surface area contributed by atoms with Crippen LogP contribution in [-0.4, -0.2) is 109 Å². The molecule has 17 heteroatoms. The predicted molar refractivity (Wildman–Crippen MR) is 271 cm³/mol. The van der Waals surface area contributed by atoms with Crippen LogP contribution in [0.4, 0.5) is 5.82 Å². The minimum absolute atomic E-state index is 0.00887. The number of anilines is 1. The molecule has 1 fully saturated rings. The van der Waals surface area contributed by atoms with Crippen molar-refractivity contribution in [3.63, 3.8) is 0 Å². The monoisotopic (exact) mass is 991 g/mol. The van der Waals surface area contributed by atoms with Crippen LogP contribution >= 0.6 is 8.30 Å². The highest BCUT2D eigenvalue weighted by atomic mass is 31.2. The van der Waals surface area contributed by atoms with Gasteiger partial charge in [-0.25, -0.2) is 4.79 Å². The van der Waals surface area contributed by atoms with E-state index in [2.05, 4.69) is 21.0 Å². The van der Waals surface area contributed by atoms with Gasteiger partial charge in [-0.2, -0.15) is 10.2 Å². The maximum Gasteiger partial charge on any atom is 0.351 e. The number of ether oxygens (including phenoxy) is 7. The van der Waals surface area contributed by atoms with E-state index in [1.54, 1.807) is 78.6 Å². The van der Waals surface area contributed by atoms with Crippen molar-refractivity contribution in [1.29, 1.82) is 5.26 Å². The molecule has 5 atom stereocenters. The van der Waals surface area contributed by atoms with Gasteiger partial charge in [-0.05, 0) is 102 Å². The summed E-state index contributed by atoms with van der Waals surface area (Å²) in [5.41, 5.74) is 0.153. The lowest BCUT2D eigenvalue weighted by atomic mass is 9.80. The van der Waals surface area contributed by atoms with Crippen molar-refractivity contribution >= 4 is 26.0 Å². The quantitative estimate of drug-likeness (QED) is 0.0268. The summed E-state index contributed by atoms with van der Waals surface area (Å²) in [6.07, 6.45) is -2.77. The minimum atomic E-state index is -1.86. The third-order valence-electron chi connectivity index (χ3n) is 11.9. The summed E-state index contributed by atoms with van der Waals surface area (Å²) >= 11 is 0. The van der Waals surface area contributed by atoms with Gasteiger partial charge in [0, 0.05) is 36.5 Å². The standard InChI is InChI=1S/C54H66N5O11P/c1-36(2)59(37(3)4)71(35-46(60)69-53(6,7)29-30-55)70-47-45(34-67-54(40-19-15-12-16-20-40,41-21-25-43(64-9)26-22-41)42-23-27-44(65-10)28-24-42)68-51(48(47)66-32-31-63-8)58-33-38(5)49(57-52(58)62)56-50(61)39-17-13-11-14-18-39/h11-28,33,36-37,45,47-48,51H,29,31-32,34-35H2,1-10H3,(H,56,57,61,62). The molecule has 1 saturated heterocycles. The Bertz CT molecular complexity index is 2550. The van der Waals surface area contributed by atoms with E-state index in [-0.39, 0.29) is 50.3 Å². The normalized spacial score (nSPS) is 17.5. The molecule has 6 rings (SSSR count). The van der Waals surface area contributed by atoms with Crippen molar-refractivity contribution in [2.45, 2.75) is 103 Å². The molecule has 0 bridgehead atoms. The van der Waals surface area contributed by atoms with Crippen LogP contribution in [0.2, 0.25) is 0 Å². The maximum absolute atomic E-state index is 14.4. The fourth-order valence-electron chi connectivity index (χ4n) is 8.67. The van der Waals surface area contributed by atoms with Gasteiger partial charge in [-0.15, -0.1) is 0 Å². The Kier molecular flexibility index (Phi) is 19.0. The second-order valence-corrected chi connectivity index (χ2v) is 19.9. The first kappa shape index (κ1) is 54.3. The van der Waals surface area contributed by atoms with Crippen molar-refractivity contribution in [2.24, 2.45) is 0 Å². The molecule has 4 aromatic carbocycles. The van der Waals surface area contributed by atoms with Gasteiger partial charge in [0.1, 0.15) is 61.3 Å². The Morgan fingerprint density at radius 2 is 1.39 bits per heavy atom. The Morgan fingerprint density at radius 1 is 0.831 bits per heavy atom. The molecule has 1 N–H and O–H groups in total. The highest BCUT2D eigenvalue weighted by molar-refractivity contribution is 7.51. The number of hydrogen-bond acceptors (Lipinski definition) is 14. The third kappa shape index (κ3) is 13.3. The molecular formula is C54H66N5O11P. The molecule has 378 valence electrons. The first-order valence-electron chi connectivity index (χ1n) is 23.6. The summed E-state index contributed by atoms with van der Waals surface area (Å²) in [7, 11) is 2.91. The van der Waals surface area contributed by atoms with Crippen molar-refractivity contribution < 1.29 is 47.3 Å². The van der Waals surface area contributed by atoms with Gasteiger partial charge in [-0.3, -0.25) is 18.8 Å². The number of benzene rings is 4. The number of carbonyl (C=O) groups is 2. The van der Waals surface area contributed by atoms with E-state index in [0.717, 1.165) is 16.7 Å². The number of nitriles is 1. The Labute approximate surface area is 418 Å². The number of nitrogens with zero attached hydrogens (tertiary/aromatic N) is 4. The molecule has 5 aromatic rings. The summed E-state index contributed by atoms with van der Waals surface area (Å²) in [5.74, 6) is 0.411. The van der Waals surface area contributed by atoms with Crippen LogP contribution in [0.3, 0.4) is 0 Å². The van der Waals surface area contributed by atoms with Gasteiger partial charge >= 0.3 is 11.7 Å². The summed E-state index contributed by atoms with van der Waals surface area (Å²) < 4.78 is 54.5.